The molecule has 140 valence electrons. The summed E-state index contributed by atoms with van der Waals surface area (Å²) in [5.74, 6) is -0.119. The molecule has 7 nitrogen and oxygen atoms in total. The molecule has 3 aromatic heterocycles. The molecular weight excluding hydrogens is 357 g/mol. The van der Waals surface area contributed by atoms with Gasteiger partial charge < -0.3 is 4.98 Å². The third-order valence-electron chi connectivity index (χ3n) is 5.53. The predicted molar refractivity (Wildman–Crippen MR) is 101 cm³/mol. The molecule has 1 aliphatic rings. The molecule has 1 aliphatic heterocycles. The summed E-state index contributed by atoms with van der Waals surface area (Å²) >= 11 is 0. The van der Waals surface area contributed by atoms with Crippen molar-refractivity contribution in [3.63, 3.8) is 0 Å². The van der Waals surface area contributed by atoms with Crippen LogP contribution in [0.25, 0.3) is 16.6 Å². The van der Waals surface area contributed by atoms with Crippen molar-refractivity contribution in [2.45, 2.75) is 25.3 Å². The highest BCUT2D eigenvalue weighted by molar-refractivity contribution is 5.92. The summed E-state index contributed by atoms with van der Waals surface area (Å²) in [6.45, 7) is 2.56. The Morgan fingerprint density at radius 3 is 2.93 bits per heavy atom. The van der Waals surface area contributed by atoms with Gasteiger partial charge in [-0.05, 0) is 49.7 Å². The lowest BCUT2D eigenvalue weighted by molar-refractivity contribution is 0.203. The fourth-order valence-corrected chi connectivity index (χ4v) is 4.07. The molecule has 4 aromatic rings. The van der Waals surface area contributed by atoms with Crippen LogP contribution in [0.5, 0.6) is 0 Å². The lowest BCUT2D eigenvalue weighted by Gasteiger charge is -2.31. The minimum absolute atomic E-state index is 0.104. The number of likely N-dealkylation sites (tertiary alicyclic amines) is 1. The van der Waals surface area contributed by atoms with Crippen molar-refractivity contribution in [2.24, 2.45) is 0 Å². The lowest BCUT2D eigenvalue weighted by atomic mass is 9.92. The van der Waals surface area contributed by atoms with Crippen molar-refractivity contribution in [2.75, 3.05) is 13.1 Å². The molecule has 5 rings (SSSR count). The molecule has 1 fully saturated rings. The van der Waals surface area contributed by atoms with E-state index in [2.05, 4.69) is 25.2 Å². The lowest BCUT2D eigenvalue weighted by Crippen LogP contribution is -2.32. The first-order valence-corrected chi connectivity index (χ1v) is 9.31. The van der Waals surface area contributed by atoms with Gasteiger partial charge in [-0.15, -0.1) is 5.10 Å². The number of fused-ring (bicyclic) bond motifs is 3. The third kappa shape index (κ3) is 2.80. The van der Waals surface area contributed by atoms with Gasteiger partial charge in [0.2, 0.25) is 0 Å². The zero-order chi connectivity index (χ0) is 19.1. The average Bonchev–Trinajstić information content (AvgIpc) is 3.36. The molecule has 1 aromatic carbocycles. The van der Waals surface area contributed by atoms with E-state index < -0.39 is 5.82 Å². The number of nitriles is 1. The fraction of sp³-hybridized carbons (Fsp3) is 0.300. The number of halogens is 1. The van der Waals surface area contributed by atoms with E-state index in [1.165, 1.54) is 6.07 Å². The van der Waals surface area contributed by atoms with Gasteiger partial charge in [-0.25, -0.2) is 13.9 Å². The average molecular weight is 375 g/mol. The number of rotatable bonds is 3. The minimum atomic E-state index is -0.463. The van der Waals surface area contributed by atoms with Crippen molar-refractivity contribution in [3.05, 3.63) is 59.4 Å². The second-order valence-corrected chi connectivity index (χ2v) is 7.23. The maximum atomic E-state index is 13.5. The molecule has 0 aliphatic carbocycles. The molecule has 1 N–H and O–H groups in total. The highest BCUT2D eigenvalue weighted by Gasteiger charge is 2.26. The van der Waals surface area contributed by atoms with E-state index >= 15 is 0 Å². The van der Waals surface area contributed by atoms with Gasteiger partial charge in [-0.1, -0.05) is 11.3 Å². The zero-order valence-electron chi connectivity index (χ0n) is 15.1. The first kappa shape index (κ1) is 16.8. The smallest absolute Gasteiger partial charge is 0.141 e. The molecule has 0 saturated carbocycles. The van der Waals surface area contributed by atoms with Gasteiger partial charge >= 0.3 is 0 Å². The Bertz CT molecular complexity index is 1190. The summed E-state index contributed by atoms with van der Waals surface area (Å²) in [6.07, 6.45) is 5.54. The summed E-state index contributed by atoms with van der Waals surface area (Å²) in [4.78, 5) is 9.83. The Hall–Kier alpha value is -3.31. The van der Waals surface area contributed by atoms with Crippen LogP contribution in [0.1, 0.15) is 35.6 Å². The van der Waals surface area contributed by atoms with Crippen molar-refractivity contribution in [3.8, 4) is 6.07 Å². The monoisotopic (exact) mass is 375 g/mol. The minimum Gasteiger partial charge on any atom is -0.346 e. The van der Waals surface area contributed by atoms with Gasteiger partial charge in [0.1, 0.15) is 29.4 Å². The number of hydrogen-bond donors (Lipinski definition) is 1. The normalized spacial score (nSPS) is 16.0. The van der Waals surface area contributed by atoms with Crippen LogP contribution in [-0.4, -0.2) is 42.8 Å². The fourth-order valence-electron chi connectivity index (χ4n) is 4.07. The summed E-state index contributed by atoms with van der Waals surface area (Å²) in [6, 6.07) is 8.70. The van der Waals surface area contributed by atoms with Gasteiger partial charge in [0.25, 0.3) is 0 Å². The quantitative estimate of drug-likeness (QED) is 0.595. The van der Waals surface area contributed by atoms with E-state index in [-0.39, 0.29) is 5.56 Å². The SMILES string of the molecule is N#Cc1cc(CN2CCC(c3nnn4cnc5[nH]ccc5c34)CC2)ccc1F. The molecule has 4 heterocycles. The number of aromatic nitrogens is 5. The van der Waals surface area contributed by atoms with Crippen molar-refractivity contribution in [1.82, 2.24) is 29.7 Å². The molecular formula is C20H18FN7. The molecule has 0 amide bonds. The number of H-pyrrole nitrogens is 1. The summed E-state index contributed by atoms with van der Waals surface area (Å²) < 4.78 is 15.3. The van der Waals surface area contributed by atoms with Crippen LogP contribution in [0, 0.1) is 17.1 Å². The molecule has 0 spiro atoms. The number of aromatic amines is 1. The number of nitrogens with one attached hydrogen (secondary N) is 1. The van der Waals surface area contributed by atoms with Gasteiger partial charge in [-0.3, -0.25) is 4.90 Å². The zero-order valence-corrected chi connectivity index (χ0v) is 15.1. The Labute approximate surface area is 160 Å². The van der Waals surface area contributed by atoms with E-state index in [1.807, 2.05) is 18.3 Å². The Morgan fingerprint density at radius 2 is 2.11 bits per heavy atom. The standard InChI is InChI=1S/C20H18FN7/c21-17-2-1-13(9-15(17)10-22)11-27-7-4-14(5-8-27)18-19-16-3-6-23-20(16)24-12-28(19)26-25-18/h1-3,6,9,12,14,23H,4-5,7-8,11H2. The maximum Gasteiger partial charge on any atom is 0.141 e. The number of hydrogen-bond acceptors (Lipinski definition) is 5. The molecule has 28 heavy (non-hydrogen) atoms. The summed E-state index contributed by atoms with van der Waals surface area (Å²) in [5, 5.41) is 18.8. The molecule has 1 saturated heterocycles. The summed E-state index contributed by atoms with van der Waals surface area (Å²) in [5.41, 5.74) is 3.97. The number of nitrogens with zero attached hydrogens (tertiary/aromatic N) is 6. The third-order valence-corrected chi connectivity index (χ3v) is 5.53. The van der Waals surface area contributed by atoms with Crippen LogP contribution in [0.4, 0.5) is 4.39 Å². The topological polar surface area (TPSA) is 85.9 Å². The second kappa shape index (κ2) is 6.69. The Morgan fingerprint density at radius 1 is 1.25 bits per heavy atom. The van der Waals surface area contributed by atoms with Crippen molar-refractivity contribution in [1.29, 1.82) is 5.26 Å². The first-order chi connectivity index (χ1) is 13.7. The van der Waals surface area contributed by atoms with Crippen LogP contribution < -0.4 is 0 Å². The summed E-state index contributed by atoms with van der Waals surface area (Å²) in [7, 11) is 0. The molecule has 0 radical (unpaired) electrons. The number of benzene rings is 1. The highest BCUT2D eigenvalue weighted by atomic mass is 19.1. The van der Waals surface area contributed by atoms with Crippen LogP contribution in [0.3, 0.4) is 0 Å². The molecule has 0 unspecified atom stereocenters. The Kier molecular flexibility index (Phi) is 4.02. The highest BCUT2D eigenvalue weighted by Crippen LogP contribution is 2.32. The van der Waals surface area contributed by atoms with E-state index in [1.54, 1.807) is 23.0 Å². The van der Waals surface area contributed by atoms with Crippen LogP contribution in [0.15, 0.2) is 36.8 Å². The van der Waals surface area contributed by atoms with Crippen LogP contribution in [0.2, 0.25) is 0 Å². The Balaban J connectivity index is 1.33. The van der Waals surface area contributed by atoms with E-state index in [4.69, 9.17) is 5.26 Å². The number of piperidine rings is 1. The van der Waals surface area contributed by atoms with Crippen molar-refractivity contribution < 1.29 is 4.39 Å². The van der Waals surface area contributed by atoms with Gasteiger partial charge in [0.05, 0.1) is 11.3 Å². The largest absolute Gasteiger partial charge is 0.346 e. The van der Waals surface area contributed by atoms with Gasteiger partial charge in [0.15, 0.2) is 0 Å². The second-order valence-electron chi connectivity index (χ2n) is 7.23. The van der Waals surface area contributed by atoms with E-state index in [0.717, 1.165) is 60.3 Å². The molecule has 0 bridgehead atoms. The predicted octanol–water partition coefficient (Wildman–Crippen LogP) is 3.00. The van der Waals surface area contributed by atoms with E-state index in [9.17, 15) is 4.39 Å². The van der Waals surface area contributed by atoms with Gasteiger partial charge in [-0.2, -0.15) is 5.26 Å². The van der Waals surface area contributed by atoms with Gasteiger partial charge in [0, 0.05) is 24.0 Å². The maximum absolute atomic E-state index is 13.5. The van der Waals surface area contributed by atoms with Crippen LogP contribution >= 0.6 is 0 Å². The first-order valence-electron chi connectivity index (χ1n) is 9.31. The molecule has 0 atom stereocenters. The molecule has 8 heteroatoms. The van der Waals surface area contributed by atoms with Crippen LogP contribution in [-0.2, 0) is 6.54 Å². The van der Waals surface area contributed by atoms with Crippen molar-refractivity contribution >= 4 is 16.6 Å². The van der Waals surface area contributed by atoms with E-state index in [0.29, 0.717) is 5.92 Å².